The van der Waals surface area contributed by atoms with E-state index in [9.17, 15) is 9.90 Å². The summed E-state index contributed by atoms with van der Waals surface area (Å²) in [5.74, 6) is 0.692. The first-order valence-electron chi connectivity index (χ1n) is 8.10. The number of carbonyl (C=O) groups is 1. The van der Waals surface area contributed by atoms with Crippen molar-refractivity contribution in [3.8, 4) is 11.4 Å². The third-order valence-electron chi connectivity index (χ3n) is 4.28. The smallest absolute Gasteiger partial charge is 0.251 e. The Morgan fingerprint density at radius 3 is 2.54 bits per heavy atom. The molecule has 5 nitrogen and oxygen atoms in total. The highest BCUT2D eigenvalue weighted by molar-refractivity contribution is 5.94. The van der Waals surface area contributed by atoms with Gasteiger partial charge in [-0.05, 0) is 30.7 Å². The molecule has 124 valence electrons. The zero-order chi connectivity index (χ0) is 17.1. The van der Waals surface area contributed by atoms with E-state index in [1.54, 1.807) is 19.2 Å². The second-order valence-corrected chi connectivity index (χ2v) is 5.70. The van der Waals surface area contributed by atoms with Crippen molar-refractivity contribution in [1.82, 2.24) is 14.9 Å². The molecular formula is C19H21N3O2. The molecule has 24 heavy (non-hydrogen) atoms. The number of aliphatic hydroxyl groups is 1. The number of rotatable bonds is 5. The van der Waals surface area contributed by atoms with Gasteiger partial charge in [-0.15, -0.1) is 0 Å². The minimum absolute atomic E-state index is 0.0361. The average Bonchev–Trinajstić information content (AvgIpc) is 3.02. The Morgan fingerprint density at radius 1 is 1.21 bits per heavy atom. The first-order chi connectivity index (χ1) is 11.7. The van der Waals surface area contributed by atoms with Crippen LogP contribution in [0.1, 0.15) is 29.7 Å². The minimum Gasteiger partial charge on any atom is -0.394 e. The highest BCUT2D eigenvalue weighted by atomic mass is 16.3. The number of carbonyl (C=O) groups excluding carboxylic acids is 1. The predicted octanol–water partition coefficient (Wildman–Crippen LogP) is 3.01. The van der Waals surface area contributed by atoms with E-state index in [0.29, 0.717) is 5.56 Å². The number of para-hydroxylation sites is 2. The second-order valence-electron chi connectivity index (χ2n) is 5.70. The van der Waals surface area contributed by atoms with Crippen LogP contribution < -0.4 is 5.32 Å². The topological polar surface area (TPSA) is 67.2 Å². The van der Waals surface area contributed by atoms with Crippen molar-refractivity contribution in [3.05, 3.63) is 54.1 Å². The predicted molar refractivity (Wildman–Crippen MR) is 95.0 cm³/mol. The maximum Gasteiger partial charge on any atom is 0.251 e. The Labute approximate surface area is 141 Å². The van der Waals surface area contributed by atoms with E-state index in [-0.39, 0.29) is 18.6 Å². The highest BCUT2D eigenvalue weighted by Crippen LogP contribution is 2.29. The lowest BCUT2D eigenvalue weighted by Gasteiger charge is -2.18. The number of nitrogens with one attached hydrogen (secondary N) is 1. The Hall–Kier alpha value is -2.66. The Balaban J connectivity index is 2.14. The number of fused-ring (bicyclic) bond motifs is 1. The summed E-state index contributed by atoms with van der Waals surface area (Å²) in [5.41, 5.74) is 3.43. The van der Waals surface area contributed by atoms with Crippen molar-refractivity contribution in [2.45, 2.75) is 19.4 Å². The molecule has 0 aliphatic heterocycles. The van der Waals surface area contributed by atoms with Gasteiger partial charge in [0, 0.05) is 18.2 Å². The zero-order valence-electron chi connectivity index (χ0n) is 13.9. The van der Waals surface area contributed by atoms with Crippen molar-refractivity contribution in [2.75, 3.05) is 13.7 Å². The fraction of sp³-hybridized carbons (Fsp3) is 0.263. The molecule has 0 aliphatic carbocycles. The number of nitrogens with zero attached hydrogens (tertiary/aromatic N) is 2. The zero-order valence-corrected chi connectivity index (χ0v) is 13.9. The molecule has 0 saturated carbocycles. The van der Waals surface area contributed by atoms with Gasteiger partial charge in [-0.1, -0.05) is 31.2 Å². The Kier molecular flexibility index (Phi) is 4.62. The summed E-state index contributed by atoms with van der Waals surface area (Å²) in [5, 5.41) is 12.4. The standard InChI is InChI=1S/C19H21N3O2/c1-3-15(12-23)22-17-7-5-4-6-16(17)21-18(22)13-8-10-14(11-9-13)19(24)20-2/h4-11,15,23H,3,12H2,1-2H3,(H,20,24)/t15-/m0/s1. The van der Waals surface area contributed by atoms with Gasteiger partial charge in [0.25, 0.3) is 5.91 Å². The first-order valence-corrected chi connectivity index (χ1v) is 8.10. The summed E-state index contributed by atoms with van der Waals surface area (Å²) >= 11 is 0. The lowest BCUT2D eigenvalue weighted by Crippen LogP contribution is -2.17. The third-order valence-corrected chi connectivity index (χ3v) is 4.28. The van der Waals surface area contributed by atoms with E-state index < -0.39 is 0 Å². The number of imidazole rings is 1. The van der Waals surface area contributed by atoms with Crippen molar-refractivity contribution in [3.63, 3.8) is 0 Å². The molecule has 0 spiro atoms. The molecule has 0 bridgehead atoms. The number of amides is 1. The van der Waals surface area contributed by atoms with Gasteiger partial charge in [-0.2, -0.15) is 0 Å². The van der Waals surface area contributed by atoms with Gasteiger partial charge in [0.15, 0.2) is 0 Å². The van der Waals surface area contributed by atoms with Crippen LogP contribution in [0.25, 0.3) is 22.4 Å². The molecular weight excluding hydrogens is 302 g/mol. The maximum absolute atomic E-state index is 11.7. The Morgan fingerprint density at radius 2 is 1.92 bits per heavy atom. The molecule has 1 atom stereocenters. The molecule has 1 aromatic heterocycles. The summed E-state index contributed by atoms with van der Waals surface area (Å²) in [7, 11) is 1.61. The van der Waals surface area contributed by atoms with E-state index in [1.165, 1.54) is 0 Å². The third kappa shape index (κ3) is 2.78. The molecule has 0 fully saturated rings. The first kappa shape index (κ1) is 16.2. The summed E-state index contributed by atoms with van der Waals surface area (Å²) in [6.45, 7) is 2.11. The van der Waals surface area contributed by atoms with Gasteiger partial charge >= 0.3 is 0 Å². The van der Waals surface area contributed by atoms with Crippen LogP contribution in [-0.4, -0.2) is 34.2 Å². The van der Waals surface area contributed by atoms with Crippen LogP contribution in [-0.2, 0) is 0 Å². The van der Waals surface area contributed by atoms with Crippen LogP contribution in [0, 0.1) is 0 Å². The molecule has 3 aromatic rings. The minimum atomic E-state index is -0.114. The number of aliphatic hydroxyl groups excluding tert-OH is 1. The SMILES string of the molecule is CC[C@@H](CO)n1c(-c2ccc(C(=O)NC)cc2)nc2ccccc21. The number of hydrogen-bond donors (Lipinski definition) is 2. The Bertz CT molecular complexity index is 849. The molecule has 0 unspecified atom stereocenters. The van der Waals surface area contributed by atoms with Crippen molar-refractivity contribution < 1.29 is 9.90 Å². The quantitative estimate of drug-likeness (QED) is 0.758. The van der Waals surface area contributed by atoms with Crippen LogP contribution >= 0.6 is 0 Å². The number of hydrogen-bond acceptors (Lipinski definition) is 3. The lowest BCUT2D eigenvalue weighted by atomic mass is 10.1. The van der Waals surface area contributed by atoms with Gasteiger partial charge in [-0.25, -0.2) is 4.98 Å². The van der Waals surface area contributed by atoms with Crippen LogP contribution in [0.4, 0.5) is 0 Å². The lowest BCUT2D eigenvalue weighted by molar-refractivity contribution is 0.0963. The molecule has 5 heteroatoms. The van der Waals surface area contributed by atoms with Gasteiger partial charge < -0.3 is 15.0 Å². The summed E-state index contributed by atoms with van der Waals surface area (Å²) in [6, 6.07) is 15.3. The molecule has 0 aliphatic rings. The molecule has 3 rings (SSSR count). The van der Waals surface area contributed by atoms with E-state index in [0.717, 1.165) is 28.8 Å². The molecule has 2 aromatic carbocycles. The number of benzene rings is 2. The van der Waals surface area contributed by atoms with E-state index in [4.69, 9.17) is 4.98 Å². The fourth-order valence-electron chi connectivity index (χ4n) is 2.93. The van der Waals surface area contributed by atoms with Crippen LogP contribution in [0.2, 0.25) is 0 Å². The second kappa shape index (κ2) is 6.84. The summed E-state index contributed by atoms with van der Waals surface area (Å²) in [4.78, 5) is 16.5. The molecule has 2 N–H and O–H groups in total. The molecule has 1 amide bonds. The van der Waals surface area contributed by atoms with Crippen LogP contribution in [0.15, 0.2) is 48.5 Å². The molecule has 1 heterocycles. The van der Waals surface area contributed by atoms with Crippen LogP contribution in [0.5, 0.6) is 0 Å². The van der Waals surface area contributed by atoms with E-state index >= 15 is 0 Å². The number of aromatic nitrogens is 2. The van der Waals surface area contributed by atoms with E-state index in [2.05, 4.69) is 9.88 Å². The highest BCUT2D eigenvalue weighted by Gasteiger charge is 2.18. The summed E-state index contributed by atoms with van der Waals surface area (Å²) < 4.78 is 2.09. The van der Waals surface area contributed by atoms with E-state index in [1.807, 2.05) is 43.3 Å². The maximum atomic E-state index is 11.7. The van der Waals surface area contributed by atoms with Gasteiger partial charge in [0.2, 0.25) is 0 Å². The van der Waals surface area contributed by atoms with Crippen molar-refractivity contribution in [1.29, 1.82) is 0 Å². The average molecular weight is 323 g/mol. The molecule has 0 radical (unpaired) electrons. The largest absolute Gasteiger partial charge is 0.394 e. The normalized spacial score (nSPS) is 12.3. The summed E-state index contributed by atoms with van der Waals surface area (Å²) in [6.07, 6.45) is 0.806. The van der Waals surface area contributed by atoms with Gasteiger partial charge in [0.1, 0.15) is 5.82 Å². The fourth-order valence-corrected chi connectivity index (χ4v) is 2.93. The van der Waals surface area contributed by atoms with Gasteiger partial charge in [-0.3, -0.25) is 4.79 Å². The molecule has 0 saturated heterocycles. The monoisotopic (exact) mass is 323 g/mol. The van der Waals surface area contributed by atoms with Crippen molar-refractivity contribution >= 4 is 16.9 Å². The van der Waals surface area contributed by atoms with Crippen LogP contribution in [0.3, 0.4) is 0 Å². The van der Waals surface area contributed by atoms with Gasteiger partial charge in [0.05, 0.1) is 23.7 Å². The van der Waals surface area contributed by atoms with Crippen molar-refractivity contribution in [2.24, 2.45) is 0 Å².